The van der Waals surface area contributed by atoms with Crippen LogP contribution in [0.4, 0.5) is 0 Å². The zero-order valence-corrected chi connectivity index (χ0v) is 10.1. The fraction of sp³-hybridized carbons (Fsp3) is 0.375. The van der Waals surface area contributed by atoms with E-state index in [4.69, 9.17) is 0 Å². The highest BCUT2D eigenvalue weighted by atomic mass is 79.9. The number of amides is 1. The minimum absolute atomic E-state index is 0.206. The summed E-state index contributed by atoms with van der Waals surface area (Å²) in [5, 5.41) is 12.2. The van der Waals surface area contributed by atoms with E-state index in [0.717, 1.165) is 4.48 Å². The molecule has 1 aliphatic carbocycles. The fourth-order valence-electron chi connectivity index (χ4n) is 1.04. The summed E-state index contributed by atoms with van der Waals surface area (Å²) in [6.07, 6.45) is 4.25. The van der Waals surface area contributed by atoms with Crippen LogP contribution in [0.3, 0.4) is 0 Å². The lowest BCUT2D eigenvalue weighted by atomic mass is 10.1. The molecule has 0 heterocycles. The van der Waals surface area contributed by atoms with Crippen LogP contribution < -0.4 is 5.32 Å². The van der Waals surface area contributed by atoms with Crippen molar-refractivity contribution in [3.8, 4) is 0 Å². The Hall–Kier alpha value is -0.130. The maximum Gasteiger partial charge on any atom is 0.218 e. The smallest absolute Gasteiger partial charge is 0.218 e. The maximum absolute atomic E-state index is 10.8. The van der Waals surface area contributed by atoms with E-state index < -0.39 is 10.6 Å². The lowest BCUT2D eigenvalue weighted by molar-refractivity contribution is -0.120. The van der Waals surface area contributed by atoms with Gasteiger partial charge in [0.1, 0.15) is 10.6 Å². The van der Waals surface area contributed by atoms with Crippen LogP contribution in [-0.4, -0.2) is 21.6 Å². The summed E-state index contributed by atoms with van der Waals surface area (Å²) in [5.74, 6) is -0.206. The second-order valence-corrected chi connectivity index (χ2v) is 5.01. The first kappa shape index (κ1) is 10.9. The second kappa shape index (κ2) is 3.94. The molecule has 0 aromatic rings. The van der Waals surface area contributed by atoms with Gasteiger partial charge < -0.3 is 10.4 Å². The van der Waals surface area contributed by atoms with Gasteiger partial charge in [-0.05, 0) is 12.2 Å². The average Bonchev–Trinajstić information content (AvgIpc) is 1.95. The number of carbonyl (C=O) groups is 1. The summed E-state index contributed by atoms with van der Waals surface area (Å²) < 4.78 is -0.0877. The predicted octanol–water partition coefficient (Wildman–Crippen LogP) is 1.42. The molecular formula is C8H9Br2NO2. The van der Waals surface area contributed by atoms with E-state index >= 15 is 0 Å². The van der Waals surface area contributed by atoms with Gasteiger partial charge in [0.05, 0.1) is 0 Å². The van der Waals surface area contributed by atoms with Crippen molar-refractivity contribution in [3.63, 3.8) is 0 Å². The number of rotatable bonds is 1. The van der Waals surface area contributed by atoms with E-state index in [1.807, 2.05) is 0 Å². The molecule has 0 spiro atoms. The fourth-order valence-corrected chi connectivity index (χ4v) is 2.54. The third-order valence-electron chi connectivity index (χ3n) is 1.58. The van der Waals surface area contributed by atoms with E-state index in [2.05, 4.69) is 37.2 Å². The first-order valence-electron chi connectivity index (χ1n) is 3.66. The zero-order chi connectivity index (χ0) is 10.1. The van der Waals surface area contributed by atoms with E-state index in [1.54, 1.807) is 18.2 Å². The molecule has 1 aliphatic rings. The molecule has 13 heavy (non-hydrogen) atoms. The van der Waals surface area contributed by atoms with E-state index in [0.29, 0.717) is 0 Å². The monoisotopic (exact) mass is 309 g/mol. The Morgan fingerprint density at radius 2 is 2.38 bits per heavy atom. The number of halogens is 2. The molecule has 0 aliphatic heterocycles. The van der Waals surface area contributed by atoms with Crippen LogP contribution in [-0.2, 0) is 4.79 Å². The highest BCUT2D eigenvalue weighted by Crippen LogP contribution is 2.30. The van der Waals surface area contributed by atoms with Crippen LogP contribution in [0.2, 0.25) is 0 Å². The summed E-state index contributed by atoms with van der Waals surface area (Å²) in [4.78, 5) is 10.8. The number of hydrogen-bond donors (Lipinski definition) is 2. The molecule has 0 aromatic heterocycles. The van der Waals surface area contributed by atoms with E-state index in [9.17, 15) is 9.90 Å². The van der Waals surface area contributed by atoms with Gasteiger partial charge in [0.25, 0.3) is 0 Å². The van der Waals surface area contributed by atoms with Crippen molar-refractivity contribution in [1.29, 1.82) is 0 Å². The van der Waals surface area contributed by atoms with Crippen LogP contribution >= 0.6 is 31.9 Å². The molecule has 1 amide bonds. The maximum atomic E-state index is 10.8. The Kier molecular flexibility index (Phi) is 3.32. The lowest BCUT2D eigenvalue weighted by Crippen LogP contribution is -2.50. The summed E-state index contributed by atoms with van der Waals surface area (Å²) in [5.41, 5.74) is 0. The first-order chi connectivity index (χ1) is 5.94. The number of carbonyl (C=O) groups excluding carboxylic acids is 1. The van der Waals surface area contributed by atoms with Gasteiger partial charge in [0.2, 0.25) is 5.91 Å². The zero-order valence-electron chi connectivity index (χ0n) is 6.92. The Balaban J connectivity index is 2.88. The second-order valence-electron chi connectivity index (χ2n) is 2.78. The van der Waals surface area contributed by atoms with Gasteiger partial charge >= 0.3 is 0 Å². The molecule has 0 fully saturated rings. The first-order valence-corrected chi connectivity index (χ1v) is 5.25. The van der Waals surface area contributed by atoms with Crippen molar-refractivity contribution >= 4 is 37.8 Å². The van der Waals surface area contributed by atoms with E-state index in [1.165, 1.54) is 6.92 Å². The predicted molar refractivity (Wildman–Crippen MR) is 57.6 cm³/mol. The molecule has 0 saturated carbocycles. The Labute approximate surface area is 93.1 Å². The van der Waals surface area contributed by atoms with Crippen molar-refractivity contribution < 1.29 is 9.90 Å². The number of aliphatic hydroxyl groups is 1. The Morgan fingerprint density at radius 1 is 1.77 bits per heavy atom. The van der Waals surface area contributed by atoms with Crippen molar-refractivity contribution in [2.45, 2.75) is 17.5 Å². The van der Waals surface area contributed by atoms with Crippen molar-refractivity contribution in [1.82, 2.24) is 5.32 Å². The minimum atomic E-state index is -0.896. The molecule has 5 heteroatoms. The van der Waals surface area contributed by atoms with Crippen molar-refractivity contribution in [3.05, 3.63) is 22.7 Å². The Bertz CT molecular complexity index is 288. The summed E-state index contributed by atoms with van der Waals surface area (Å²) in [7, 11) is 0. The molecule has 1 rings (SSSR count). The number of hydrogen-bond acceptors (Lipinski definition) is 2. The SMILES string of the molecule is CC(=O)NC1(Br)C=C(Br)C=CC1O. The number of nitrogens with one attached hydrogen (secondary N) is 1. The molecule has 0 bridgehead atoms. The molecule has 2 atom stereocenters. The molecule has 2 unspecified atom stereocenters. The molecule has 0 saturated heterocycles. The van der Waals surface area contributed by atoms with Gasteiger partial charge in [0, 0.05) is 11.4 Å². The molecule has 2 N–H and O–H groups in total. The normalized spacial score (nSPS) is 32.6. The van der Waals surface area contributed by atoms with Crippen molar-refractivity contribution in [2.75, 3.05) is 0 Å². The quantitative estimate of drug-likeness (QED) is 0.568. The molecule has 72 valence electrons. The highest BCUT2D eigenvalue weighted by Gasteiger charge is 2.34. The van der Waals surface area contributed by atoms with Crippen molar-refractivity contribution in [2.24, 2.45) is 0 Å². The van der Waals surface area contributed by atoms with Gasteiger partial charge in [-0.3, -0.25) is 4.79 Å². The number of allylic oxidation sites excluding steroid dienone is 2. The van der Waals surface area contributed by atoms with Crippen LogP contribution in [0.25, 0.3) is 0 Å². The number of alkyl halides is 1. The average molecular weight is 311 g/mol. The van der Waals surface area contributed by atoms with Gasteiger partial charge in [-0.15, -0.1) is 0 Å². The highest BCUT2D eigenvalue weighted by molar-refractivity contribution is 9.12. The number of aliphatic hydroxyl groups excluding tert-OH is 1. The van der Waals surface area contributed by atoms with Gasteiger partial charge in [-0.25, -0.2) is 0 Å². The molecule has 0 aromatic carbocycles. The van der Waals surface area contributed by atoms with Crippen LogP contribution in [0.5, 0.6) is 0 Å². The third kappa shape index (κ3) is 2.65. The van der Waals surface area contributed by atoms with Gasteiger partial charge in [0.15, 0.2) is 0 Å². The lowest BCUT2D eigenvalue weighted by Gasteiger charge is -2.30. The molecular weight excluding hydrogens is 302 g/mol. The van der Waals surface area contributed by atoms with Crippen LogP contribution in [0.15, 0.2) is 22.7 Å². The largest absolute Gasteiger partial charge is 0.385 e. The van der Waals surface area contributed by atoms with Crippen LogP contribution in [0, 0.1) is 0 Å². The summed E-state index contributed by atoms with van der Waals surface area (Å²) in [6, 6.07) is 0. The van der Waals surface area contributed by atoms with Gasteiger partial charge in [-0.2, -0.15) is 0 Å². The summed E-state index contributed by atoms with van der Waals surface area (Å²) in [6.45, 7) is 1.40. The van der Waals surface area contributed by atoms with Crippen LogP contribution in [0.1, 0.15) is 6.92 Å². The Morgan fingerprint density at radius 3 is 2.92 bits per heavy atom. The standard InChI is InChI=1S/C8H9Br2NO2/c1-5(12)11-8(10)4-6(9)2-3-7(8)13/h2-4,7,13H,1H3,(H,11,12). The van der Waals surface area contributed by atoms with Gasteiger partial charge in [-0.1, -0.05) is 37.9 Å². The topological polar surface area (TPSA) is 49.3 Å². The van der Waals surface area contributed by atoms with E-state index in [-0.39, 0.29) is 5.91 Å². The third-order valence-corrected chi connectivity index (χ3v) is 2.97. The molecule has 0 radical (unpaired) electrons. The summed E-state index contributed by atoms with van der Waals surface area (Å²) >= 11 is 6.53. The molecule has 3 nitrogen and oxygen atoms in total. The minimum Gasteiger partial charge on any atom is -0.385 e.